The molecule has 0 radical (unpaired) electrons. The molecular weight excluding hydrogens is 340 g/mol. The Morgan fingerprint density at radius 3 is 3.00 bits per heavy atom. The minimum absolute atomic E-state index is 0.00927. The highest BCUT2D eigenvalue weighted by atomic mass is 35.5. The van der Waals surface area contributed by atoms with Crippen molar-refractivity contribution in [3.63, 3.8) is 0 Å². The van der Waals surface area contributed by atoms with Crippen molar-refractivity contribution in [2.45, 2.75) is 18.9 Å². The van der Waals surface area contributed by atoms with E-state index < -0.39 is 5.91 Å². The van der Waals surface area contributed by atoms with Gasteiger partial charge in [-0.15, -0.1) is 0 Å². The molecule has 1 aliphatic heterocycles. The van der Waals surface area contributed by atoms with Gasteiger partial charge in [-0.3, -0.25) is 4.79 Å². The maximum Gasteiger partial charge on any atom is 0.262 e. The normalized spacial score (nSPS) is 17.3. The summed E-state index contributed by atoms with van der Waals surface area (Å²) in [4.78, 5) is 12.1. The number of carbonyl (C=O) groups is 1. The Morgan fingerprint density at radius 1 is 1.40 bits per heavy atom. The van der Waals surface area contributed by atoms with Crippen molar-refractivity contribution in [2.24, 2.45) is 0 Å². The zero-order chi connectivity index (χ0) is 17.6. The Labute approximate surface area is 150 Å². The predicted octanol–water partition coefficient (Wildman–Crippen LogP) is 3.80. The summed E-state index contributed by atoms with van der Waals surface area (Å²) in [5, 5.41) is 12.6. The van der Waals surface area contributed by atoms with Crippen LogP contribution in [0.2, 0.25) is 5.02 Å². The number of benzene rings is 1. The van der Waals surface area contributed by atoms with Gasteiger partial charge in [0.2, 0.25) is 0 Å². The van der Waals surface area contributed by atoms with Gasteiger partial charge < -0.3 is 14.5 Å². The van der Waals surface area contributed by atoms with Crippen molar-refractivity contribution in [3.05, 3.63) is 52.8 Å². The number of furan rings is 1. The Kier molecular flexibility index (Phi) is 5.54. The third-order valence-corrected chi connectivity index (χ3v) is 4.14. The molecule has 2 heterocycles. The smallest absolute Gasteiger partial charge is 0.262 e. The predicted molar refractivity (Wildman–Crippen MR) is 94.7 cm³/mol. The van der Waals surface area contributed by atoms with Gasteiger partial charge in [0, 0.05) is 29.8 Å². The van der Waals surface area contributed by atoms with Gasteiger partial charge in [0.1, 0.15) is 23.2 Å². The minimum atomic E-state index is -0.432. The van der Waals surface area contributed by atoms with Crippen LogP contribution in [0.15, 0.2) is 46.4 Å². The van der Waals surface area contributed by atoms with Crippen LogP contribution < -0.4 is 5.32 Å². The monoisotopic (exact) mass is 356 g/mol. The molecule has 1 saturated heterocycles. The van der Waals surface area contributed by atoms with Gasteiger partial charge in [-0.1, -0.05) is 23.7 Å². The minimum Gasteiger partial charge on any atom is -0.457 e. The van der Waals surface area contributed by atoms with E-state index in [0.29, 0.717) is 23.1 Å². The number of ether oxygens (including phenoxy) is 1. The van der Waals surface area contributed by atoms with E-state index in [1.54, 1.807) is 24.3 Å². The van der Waals surface area contributed by atoms with E-state index in [4.69, 9.17) is 20.8 Å². The average molecular weight is 357 g/mol. The summed E-state index contributed by atoms with van der Waals surface area (Å²) in [6.07, 6.45) is 3.38. The second kappa shape index (κ2) is 8.02. The molecule has 1 N–H and O–H groups in total. The van der Waals surface area contributed by atoms with Gasteiger partial charge in [-0.2, -0.15) is 5.26 Å². The van der Waals surface area contributed by atoms with Crippen molar-refractivity contribution >= 4 is 23.6 Å². The Bertz CT molecular complexity index is 829. The van der Waals surface area contributed by atoms with Crippen molar-refractivity contribution in [1.82, 2.24) is 5.32 Å². The largest absolute Gasteiger partial charge is 0.457 e. The van der Waals surface area contributed by atoms with Gasteiger partial charge in [0.15, 0.2) is 0 Å². The van der Waals surface area contributed by atoms with Gasteiger partial charge in [0.25, 0.3) is 5.91 Å². The lowest BCUT2D eigenvalue weighted by molar-refractivity contribution is -0.117. The van der Waals surface area contributed by atoms with E-state index in [1.165, 1.54) is 6.08 Å². The molecular formula is C19H17ClN2O3. The van der Waals surface area contributed by atoms with Gasteiger partial charge in [-0.05, 0) is 37.1 Å². The molecule has 1 fully saturated rings. The molecule has 6 heteroatoms. The molecule has 3 rings (SSSR count). The quantitative estimate of drug-likeness (QED) is 0.653. The maximum atomic E-state index is 12.1. The molecule has 1 aromatic heterocycles. The molecule has 0 aliphatic carbocycles. The van der Waals surface area contributed by atoms with Crippen molar-refractivity contribution in [3.8, 4) is 17.4 Å². The van der Waals surface area contributed by atoms with Gasteiger partial charge in [-0.25, -0.2) is 0 Å². The lowest BCUT2D eigenvalue weighted by Gasteiger charge is -2.09. The third-order valence-electron chi connectivity index (χ3n) is 3.90. The first kappa shape index (κ1) is 17.3. The zero-order valence-corrected chi connectivity index (χ0v) is 14.3. The van der Waals surface area contributed by atoms with E-state index in [0.717, 1.165) is 25.0 Å². The molecule has 1 atom stereocenters. The summed E-state index contributed by atoms with van der Waals surface area (Å²) in [5.41, 5.74) is 0.818. The zero-order valence-electron chi connectivity index (χ0n) is 13.5. The van der Waals surface area contributed by atoms with Crippen molar-refractivity contribution in [1.29, 1.82) is 5.26 Å². The number of nitrogens with one attached hydrogen (secondary N) is 1. The molecule has 0 spiro atoms. The fourth-order valence-electron chi connectivity index (χ4n) is 2.63. The lowest BCUT2D eigenvalue weighted by atomic mass is 10.2. The van der Waals surface area contributed by atoms with Crippen LogP contribution in [0, 0.1) is 11.3 Å². The number of carbonyl (C=O) groups excluding carboxylic acids is 1. The molecule has 128 valence electrons. The third kappa shape index (κ3) is 4.50. The van der Waals surface area contributed by atoms with Crippen LogP contribution in [0.1, 0.15) is 18.6 Å². The highest BCUT2D eigenvalue weighted by Crippen LogP contribution is 2.25. The van der Waals surface area contributed by atoms with Crippen LogP contribution in [-0.4, -0.2) is 25.2 Å². The molecule has 25 heavy (non-hydrogen) atoms. The Balaban J connectivity index is 1.69. The number of halogens is 1. The van der Waals surface area contributed by atoms with Crippen LogP contribution in [0.3, 0.4) is 0 Å². The van der Waals surface area contributed by atoms with E-state index in [1.807, 2.05) is 18.2 Å². The highest BCUT2D eigenvalue weighted by Gasteiger charge is 2.18. The fourth-order valence-corrected chi connectivity index (χ4v) is 2.82. The molecule has 1 amide bonds. The number of nitrogens with zero attached hydrogens (tertiary/aromatic N) is 1. The van der Waals surface area contributed by atoms with Crippen LogP contribution in [-0.2, 0) is 9.53 Å². The fraction of sp³-hybridized carbons (Fsp3) is 0.263. The standard InChI is InChI=1S/C19H17ClN2O3/c20-15-4-1-3-13(9-15)18-7-6-16(25-18)10-14(11-21)19(23)22-12-17-5-2-8-24-17/h1,3-4,6-7,9-10,17H,2,5,8,12H2,(H,22,23)/b14-10+. The number of nitriles is 1. The van der Waals surface area contributed by atoms with E-state index >= 15 is 0 Å². The van der Waals surface area contributed by atoms with Gasteiger partial charge in [0.05, 0.1) is 6.10 Å². The summed E-state index contributed by atoms with van der Waals surface area (Å²) in [6, 6.07) is 12.7. The van der Waals surface area contributed by atoms with Gasteiger partial charge >= 0.3 is 0 Å². The summed E-state index contributed by atoms with van der Waals surface area (Å²) in [6.45, 7) is 1.13. The van der Waals surface area contributed by atoms with Crippen LogP contribution in [0.4, 0.5) is 0 Å². The van der Waals surface area contributed by atoms with Crippen LogP contribution in [0.5, 0.6) is 0 Å². The maximum absolute atomic E-state index is 12.1. The number of rotatable bonds is 5. The van der Waals surface area contributed by atoms with Crippen LogP contribution in [0.25, 0.3) is 17.4 Å². The number of amides is 1. The summed E-state index contributed by atoms with van der Waals surface area (Å²) >= 11 is 5.98. The summed E-state index contributed by atoms with van der Waals surface area (Å²) < 4.78 is 11.1. The Hall–Kier alpha value is -2.55. The second-order valence-electron chi connectivity index (χ2n) is 5.73. The molecule has 0 saturated carbocycles. The Morgan fingerprint density at radius 2 is 2.28 bits per heavy atom. The highest BCUT2D eigenvalue weighted by molar-refractivity contribution is 6.30. The first-order chi connectivity index (χ1) is 12.2. The van der Waals surface area contributed by atoms with E-state index in [9.17, 15) is 10.1 Å². The van der Waals surface area contributed by atoms with E-state index in [2.05, 4.69) is 5.32 Å². The molecule has 1 aliphatic rings. The first-order valence-electron chi connectivity index (χ1n) is 8.03. The van der Waals surface area contributed by atoms with E-state index in [-0.39, 0.29) is 11.7 Å². The molecule has 5 nitrogen and oxygen atoms in total. The number of hydrogen-bond donors (Lipinski definition) is 1. The number of hydrogen-bond acceptors (Lipinski definition) is 4. The first-order valence-corrected chi connectivity index (χ1v) is 8.41. The molecule has 1 aromatic carbocycles. The van der Waals surface area contributed by atoms with Crippen molar-refractivity contribution < 1.29 is 13.9 Å². The summed E-state index contributed by atoms with van der Waals surface area (Å²) in [7, 11) is 0. The van der Waals surface area contributed by atoms with Crippen molar-refractivity contribution in [2.75, 3.05) is 13.2 Å². The lowest BCUT2D eigenvalue weighted by Crippen LogP contribution is -2.32. The molecule has 1 unspecified atom stereocenters. The topological polar surface area (TPSA) is 75.3 Å². The molecule has 0 bridgehead atoms. The SMILES string of the molecule is N#C/C(=C\c1ccc(-c2cccc(Cl)c2)o1)C(=O)NCC1CCCO1. The summed E-state index contributed by atoms with van der Waals surface area (Å²) in [5.74, 6) is 0.614. The molecule has 2 aromatic rings. The van der Waals surface area contributed by atoms with Crippen LogP contribution >= 0.6 is 11.6 Å². The average Bonchev–Trinajstić information content (AvgIpc) is 3.29. The second-order valence-corrected chi connectivity index (χ2v) is 6.16.